The summed E-state index contributed by atoms with van der Waals surface area (Å²) in [6.45, 7) is 4.80. The molecule has 0 radical (unpaired) electrons. The summed E-state index contributed by atoms with van der Waals surface area (Å²) in [6, 6.07) is 0. The van der Waals surface area contributed by atoms with Crippen LogP contribution < -0.4 is 10.1 Å². The Labute approximate surface area is 101 Å². The van der Waals surface area contributed by atoms with Crippen molar-refractivity contribution in [2.75, 3.05) is 19.0 Å². The van der Waals surface area contributed by atoms with Crippen molar-refractivity contribution < 1.29 is 4.74 Å². The minimum absolute atomic E-state index is 0.225. The molecule has 0 saturated heterocycles. The van der Waals surface area contributed by atoms with Crippen molar-refractivity contribution >= 4 is 17.4 Å². The maximum Gasteiger partial charge on any atom is 0.221 e. The average Bonchev–Trinajstić information content (AvgIpc) is 2.26. The summed E-state index contributed by atoms with van der Waals surface area (Å²) >= 11 is 5.87. The molecular weight excluding hydrogens is 226 g/mol. The number of methoxy groups -OCH3 is 1. The molecule has 5 heteroatoms. The molecule has 0 aliphatic heterocycles. The lowest BCUT2D eigenvalue weighted by molar-refractivity contribution is 0.393. The number of ether oxygens (including phenoxy) is 1. The topological polar surface area (TPSA) is 47.0 Å². The Morgan fingerprint density at radius 1 is 1.50 bits per heavy atom. The highest BCUT2D eigenvalue weighted by Gasteiger charge is 2.06. The smallest absolute Gasteiger partial charge is 0.221 e. The van der Waals surface area contributed by atoms with Gasteiger partial charge in [0.2, 0.25) is 5.88 Å². The van der Waals surface area contributed by atoms with Crippen molar-refractivity contribution in [1.82, 2.24) is 9.97 Å². The fourth-order valence-electron chi connectivity index (χ4n) is 1.41. The van der Waals surface area contributed by atoms with Gasteiger partial charge in [0.05, 0.1) is 12.7 Å². The Morgan fingerprint density at radius 3 is 2.88 bits per heavy atom. The molecule has 0 amide bonds. The highest BCUT2D eigenvalue weighted by atomic mass is 35.5. The van der Waals surface area contributed by atoms with Gasteiger partial charge in [-0.2, -0.15) is 0 Å². The van der Waals surface area contributed by atoms with Gasteiger partial charge in [-0.25, -0.2) is 9.97 Å². The van der Waals surface area contributed by atoms with Gasteiger partial charge in [-0.3, -0.25) is 0 Å². The number of hydrogen-bond acceptors (Lipinski definition) is 4. The lowest BCUT2D eigenvalue weighted by Crippen LogP contribution is -2.08. The SMILES string of the molecule is COc1ncnc(NCCCC(C)Cl)c1C. The summed E-state index contributed by atoms with van der Waals surface area (Å²) in [6.07, 6.45) is 3.52. The van der Waals surface area contributed by atoms with Gasteiger partial charge in [0.1, 0.15) is 12.1 Å². The maximum absolute atomic E-state index is 5.87. The van der Waals surface area contributed by atoms with Gasteiger partial charge in [0.15, 0.2) is 0 Å². The molecule has 1 N–H and O–H groups in total. The molecule has 4 nitrogen and oxygen atoms in total. The van der Waals surface area contributed by atoms with Crippen molar-refractivity contribution in [1.29, 1.82) is 0 Å². The van der Waals surface area contributed by atoms with E-state index >= 15 is 0 Å². The number of aromatic nitrogens is 2. The van der Waals surface area contributed by atoms with E-state index in [2.05, 4.69) is 15.3 Å². The molecule has 0 fully saturated rings. The van der Waals surface area contributed by atoms with Crippen LogP contribution in [0.15, 0.2) is 6.33 Å². The van der Waals surface area contributed by atoms with Crippen molar-refractivity contribution in [3.63, 3.8) is 0 Å². The van der Waals surface area contributed by atoms with Crippen LogP contribution in [0.3, 0.4) is 0 Å². The molecule has 90 valence electrons. The normalized spacial score (nSPS) is 12.2. The lowest BCUT2D eigenvalue weighted by Gasteiger charge is -2.10. The van der Waals surface area contributed by atoms with Crippen LogP contribution >= 0.6 is 11.6 Å². The van der Waals surface area contributed by atoms with E-state index in [-0.39, 0.29) is 5.38 Å². The molecule has 0 spiro atoms. The van der Waals surface area contributed by atoms with Gasteiger partial charge in [-0.15, -0.1) is 11.6 Å². The molecule has 16 heavy (non-hydrogen) atoms. The third-order valence-corrected chi connectivity index (χ3v) is 2.52. The highest BCUT2D eigenvalue weighted by Crippen LogP contribution is 2.19. The first kappa shape index (κ1) is 13.0. The fraction of sp³-hybridized carbons (Fsp3) is 0.636. The third kappa shape index (κ3) is 3.85. The minimum atomic E-state index is 0.225. The largest absolute Gasteiger partial charge is 0.481 e. The van der Waals surface area contributed by atoms with Crippen LogP contribution in [0.4, 0.5) is 5.82 Å². The van der Waals surface area contributed by atoms with Crippen LogP contribution in [0.1, 0.15) is 25.3 Å². The molecule has 0 bridgehead atoms. The van der Waals surface area contributed by atoms with E-state index in [0.717, 1.165) is 30.8 Å². The zero-order valence-corrected chi connectivity index (χ0v) is 10.7. The van der Waals surface area contributed by atoms with Crippen molar-refractivity contribution in [2.24, 2.45) is 0 Å². The molecule has 0 saturated carbocycles. The van der Waals surface area contributed by atoms with E-state index in [1.54, 1.807) is 7.11 Å². The number of hydrogen-bond donors (Lipinski definition) is 1. The second-order valence-corrected chi connectivity index (χ2v) is 4.45. The van der Waals surface area contributed by atoms with Gasteiger partial charge < -0.3 is 10.1 Å². The quantitative estimate of drug-likeness (QED) is 0.616. The van der Waals surface area contributed by atoms with E-state index in [1.807, 2.05) is 13.8 Å². The molecule has 1 aromatic rings. The van der Waals surface area contributed by atoms with E-state index in [0.29, 0.717) is 5.88 Å². The lowest BCUT2D eigenvalue weighted by atomic mass is 10.2. The number of anilines is 1. The number of nitrogens with zero attached hydrogens (tertiary/aromatic N) is 2. The summed E-state index contributed by atoms with van der Waals surface area (Å²) < 4.78 is 5.12. The van der Waals surface area contributed by atoms with Crippen LogP contribution in [0.25, 0.3) is 0 Å². The van der Waals surface area contributed by atoms with Crippen LogP contribution in [0.2, 0.25) is 0 Å². The van der Waals surface area contributed by atoms with Crippen molar-refractivity contribution in [3.05, 3.63) is 11.9 Å². The average molecular weight is 244 g/mol. The number of halogens is 1. The zero-order valence-electron chi connectivity index (χ0n) is 9.96. The van der Waals surface area contributed by atoms with Crippen molar-refractivity contribution in [2.45, 2.75) is 32.1 Å². The Hall–Kier alpha value is -1.03. The van der Waals surface area contributed by atoms with Gasteiger partial charge in [0.25, 0.3) is 0 Å². The predicted octanol–water partition coefficient (Wildman–Crippen LogP) is 2.61. The maximum atomic E-state index is 5.87. The molecule has 1 rings (SSSR count). The summed E-state index contributed by atoms with van der Waals surface area (Å²) in [5, 5.41) is 3.48. The monoisotopic (exact) mass is 243 g/mol. The van der Waals surface area contributed by atoms with Crippen LogP contribution in [-0.2, 0) is 0 Å². The molecule has 1 atom stereocenters. The van der Waals surface area contributed by atoms with Gasteiger partial charge in [-0.05, 0) is 26.7 Å². The van der Waals surface area contributed by atoms with Crippen LogP contribution in [0, 0.1) is 6.92 Å². The Morgan fingerprint density at radius 2 is 2.25 bits per heavy atom. The van der Waals surface area contributed by atoms with E-state index < -0.39 is 0 Å². The predicted molar refractivity (Wildman–Crippen MR) is 66.4 cm³/mol. The second kappa shape index (κ2) is 6.53. The Kier molecular flexibility index (Phi) is 5.32. The number of rotatable bonds is 6. The van der Waals surface area contributed by atoms with Crippen LogP contribution in [0.5, 0.6) is 5.88 Å². The van der Waals surface area contributed by atoms with Gasteiger partial charge >= 0.3 is 0 Å². The van der Waals surface area contributed by atoms with Gasteiger partial charge in [0, 0.05) is 11.9 Å². The highest BCUT2D eigenvalue weighted by molar-refractivity contribution is 6.20. The molecule has 1 heterocycles. The first-order valence-corrected chi connectivity index (χ1v) is 5.82. The zero-order chi connectivity index (χ0) is 12.0. The molecule has 1 unspecified atom stereocenters. The standard InChI is InChI=1S/C11H18ClN3O/c1-8(12)5-4-6-13-10-9(2)11(16-3)15-7-14-10/h7-8H,4-6H2,1-3H3,(H,13,14,15). The summed E-state index contributed by atoms with van der Waals surface area (Å²) in [5.41, 5.74) is 0.934. The second-order valence-electron chi connectivity index (χ2n) is 3.71. The fourth-order valence-corrected chi connectivity index (χ4v) is 1.56. The van der Waals surface area contributed by atoms with Crippen molar-refractivity contribution in [3.8, 4) is 5.88 Å². The molecule has 0 aliphatic rings. The Bertz CT molecular complexity index is 331. The summed E-state index contributed by atoms with van der Waals surface area (Å²) in [5.74, 6) is 1.44. The molecular formula is C11H18ClN3O. The number of nitrogens with one attached hydrogen (secondary N) is 1. The summed E-state index contributed by atoms with van der Waals surface area (Å²) in [4.78, 5) is 8.19. The van der Waals surface area contributed by atoms with E-state index in [4.69, 9.17) is 16.3 Å². The molecule has 1 aromatic heterocycles. The molecule has 0 aromatic carbocycles. The van der Waals surface area contributed by atoms with E-state index in [1.165, 1.54) is 6.33 Å². The van der Waals surface area contributed by atoms with Gasteiger partial charge in [-0.1, -0.05) is 0 Å². The molecule has 0 aliphatic carbocycles. The first-order valence-electron chi connectivity index (χ1n) is 5.38. The third-order valence-electron chi connectivity index (χ3n) is 2.30. The van der Waals surface area contributed by atoms with E-state index in [9.17, 15) is 0 Å². The Balaban J connectivity index is 2.47. The first-order chi connectivity index (χ1) is 7.65. The number of alkyl halides is 1. The minimum Gasteiger partial charge on any atom is -0.481 e. The summed E-state index contributed by atoms with van der Waals surface area (Å²) in [7, 11) is 1.61. The van der Waals surface area contributed by atoms with Crippen LogP contribution in [-0.4, -0.2) is 29.0 Å².